The predicted molar refractivity (Wildman–Crippen MR) is 114 cm³/mol. The van der Waals surface area contributed by atoms with E-state index in [1.807, 2.05) is 22.3 Å². The zero-order valence-electron chi connectivity index (χ0n) is 15.8. The van der Waals surface area contributed by atoms with E-state index in [0.717, 1.165) is 43.2 Å². The summed E-state index contributed by atoms with van der Waals surface area (Å²) < 4.78 is 2.28. The van der Waals surface area contributed by atoms with Gasteiger partial charge in [0.2, 0.25) is 5.91 Å². The summed E-state index contributed by atoms with van der Waals surface area (Å²) in [5.41, 5.74) is 5.00. The molecule has 0 atom stereocenters. The van der Waals surface area contributed by atoms with Crippen molar-refractivity contribution in [3.63, 3.8) is 0 Å². The number of hydrogen-bond donors (Lipinski definition) is 0. The lowest BCUT2D eigenvalue weighted by atomic mass is 10.0. The summed E-state index contributed by atoms with van der Waals surface area (Å²) in [5, 5.41) is 3.09. The highest BCUT2D eigenvalue weighted by atomic mass is 32.2. The normalized spacial score (nSPS) is 15.9. The van der Waals surface area contributed by atoms with Crippen molar-refractivity contribution in [3.8, 4) is 5.69 Å². The lowest BCUT2D eigenvalue weighted by molar-refractivity contribution is -0.129. The number of benzene rings is 1. The lowest BCUT2D eigenvalue weighted by Gasteiger charge is -2.26. The first-order valence-corrected chi connectivity index (χ1v) is 11.8. The molecule has 0 radical (unpaired) electrons. The largest absolute Gasteiger partial charge is 0.337 e. The van der Waals surface area contributed by atoms with Gasteiger partial charge in [0.15, 0.2) is 5.16 Å². The molecule has 1 aliphatic carbocycles. The van der Waals surface area contributed by atoms with Gasteiger partial charge in [-0.05, 0) is 61.2 Å². The molecular formula is C22H23N3OS2. The molecule has 1 aliphatic heterocycles. The quantitative estimate of drug-likeness (QED) is 0.596. The number of aromatic nitrogens is 2. The Balaban J connectivity index is 1.35. The fourth-order valence-electron chi connectivity index (χ4n) is 4.13. The van der Waals surface area contributed by atoms with E-state index < -0.39 is 0 Å². The number of thiophene rings is 1. The average molecular weight is 410 g/mol. The van der Waals surface area contributed by atoms with E-state index in [1.165, 1.54) is 34.7 Å². The first-order valence-electron chi connectivity index (χ1n) is 9.91. The monoisotopic (exact) mass is 409 g/mol. The van der Waals surface area contributed by atoms with Gasteiger partial charge in [-0.2, -0.15) is 0 Å². The van der Waals surface area contributed by atoms with Crippen LogP contribution in [0.25, 0.3) is 5.69 Å². The van der Waals surface area contributed by atoms with Gasteiger partial charge in [0.25, 0.3) is 0 Å². The van der Waals surface area contributed by atoms with Crippen LogP contribution in [0, 0.1) is 0 Å². The Hall–Kier alpha value is -2.05. The van der Waals surface area contributed by atoms with Crippen LogP contribution in [0.4, 0.5) is 0 Å². The third kappa shape index (κ3) is 3.40. The molecule has 2 aromatic heterocycles. The van der Waals surface area contributed by atoms with E-state index in [4.69, 9.17) is 4.98 Å². The average Bonchev–Trinajstić information content (AvgIpc) is 3.36. The van der Waals surface area contributed by atoms with E-state index >= 15 is 0 Å². The van der Waals surface area contributed by atoms with Gasteiger partial charge in [-0.3, -0.25) is 9.36 Å². The summed E-state index contributed by atoms with van der Waals surface area (Å²) in [4.78, 5) is 21.2. The molecule has 0 saturated heterocycles. The summed E-state index contributed by atoms with van der Waals surface area (Å²) >= 11 is 3.39. The Bertz CT molecular complexity index is 993. The summed E-state index contributed by atoms with van der Waals surface area (Å²) in [6, 6.07) is 12.6. The van der Waals surface area contributed by atoms with Gasteiger partial charge >= 0.3 is 0 Å². The number of imidazole rings is 1. The van der Waals surface area contributed by atoms with Gasteiger partial charge in [0, 0.05) is 29.3 Å². The number of carbonyl (C=O) groups excluding carboxylic acids is 1. The first-order chi connectivity index (χ1) is 13.8. The number of hydrogen-bond acceptors (Lipinski definition) is 4. The number of amides is 1. The van der Waals surface area contributed by atoms with E-state index in [0.29, 0.717) is 5.75 Å². The van der Waals surface area contributed by atoms with Crippen LogP contribution >= 0.6 is 23.1 Å². The number of carbonyl (C=O) groups is 1. The van der Waals surface area contributed by atoms with Crippen LogP contribution in [0.15, 0.2) is 46.9 Å². The summed E-state index contributed by atoms with van der Waals surface area (Å²) in [6.07, 6.45) is 5.52. The van der Waals surface area contributed by atoms with E-state index in [1.54, 1.807) is 11.8 Å². The minimum absolute atomic E-state index is 0.211. The van der Waals surface area contributed by atoms with Gasteiger partial charge in [0.05, 0.1) is 11.4 Å². The van der Waals surface area contributed by atoms with Crippen LogP contribution in [0.1, 0.15) is 34.7 Å². The van der Waals surface area contributed by atoms with E-state index in [2.05, 4.69) is 40.3 Å². The fourth-order valence-corrected chi connectivity index (χ4v) is 5.98. The van der Waals surface area contributed by atoms with Crippen molar-refractivity contribution in [2.24, 2.45) is 0 Å². The number of fused-ring (bicyclic) bond motifs is 2. The highest BCUT2D eigenvalue weighted by Crippen LogP contribution is 2.31. The molecule has 0 saturated carbocycles. The molecule has 4 nitrogen and oxygen atoms in total. The third-order valence-corrected chi connectivity index (χ3v) is 7.55. The Morgan fingerprint density at radius 3 is 2.86 bits per heavy atom. The molecule has 0 fully saturated rings. The molecule has 28 heavy (non-hydrogen) atoms. The van der Waals surface area contributed by atoms with Crippen molar-refractivity contribution in [2.45, 2.75) is 43.8 Å². The molecule has 1 amide bonds. The van der Waals surface area contributed by atoms with Crippen LogP contribution < -0.4 is 0 Å². The smallest absolute Gasteiger partial charge is 0.233 e. The van der Waals surface area contributed by atoms with Gasteiger partial charge < -0.3 is 4.90 Å². The molecule has 0 unspecified atom stereocenters. The standard InChI is InChI=1S/C22H23N3OS2/c26-21(24-12-10-20-16(14-24)11-13-27-20)15-28-22-23-18-8-4-5-9-19(18)25(22)17-6-2-1-3-7-17/h1-3,6-7,11,13H,4-5,8-10,12,14-15H2. The number of nitrogens with zero attached hydrogens (tertiary/aromatic N) is 3. The molecule has 144 valence electrons. The Morgan fingerprint density at radius 2 is 1.96 bits per heavy atom. The maximum atomic E-state index is 12.9. The molecular weight excluding hydrogens is 386 g/mol. The molecule has 0 N–H and O–H groups in total. The van der Waals surface area contributed by atoms with Crippen molar-refractivity contribution in [2.75, 3.05) is 12.3 Å². The number of thioether (sulfide) groups is 1. The zero-order chi connectivity index (χ0) is 18.9. The van der Waals surface area contributed by atoms with Crippen LogP contribution in [0.5, 0.6) is 0 Å². The Labute approximate surface area is 173 Å². The second kappa shape index (κ2) is 7.76. The lowest BCUT2D eigenvalue weighted by Crippen LogP contribution is -2.36. The second-order valence-electron chi connectivity index (χ2n) is 7.39. The highest BCUT2D eigenvalue weighted by molar-refractivity contribution is 7.99. The molecule has 0 bridgehead atoms. The zero-order valence-corrected chi connectivity index (χ0v) is 17.4. The molecule has 3 aromatic rings. The molecule has 0 spiro atoms. The minimum atomic E-state index is 0.211. The molecule has 6 heteroatoms. The molecule has 2 aliphatic rings. The van der Waals surface area contributed by atoms with Crippen molar-refractivity contribution < 1.29 is 4.79 Å². The molecule has 5 rings (SSSR count). The van der Waals surface area contributed by atoms with Gasteiger partial charge in [-0.1, -0.05) is 30.0 Å². The van der Waals surface area contributed by atoms with Crippen molar-refractivity contribution in [1.29, 1.82) is 0 Å². The number of rotatable bonds is 4. The third-order valence-electron chi connectivity index (χ3n) is 5.60. The van der Waals surface area contributed by atoms with Crippen LogP contribution in [-0.2, 0) is 30.6 Å². The van der Waals surface area contributed by atoms with Crippen molar-refractivity contribution in [3.05, 3.63) is 63.6 Å². The van der Waals surface area contributed by atoms with Gasteiger partial charge in [-0.25, -0.2) is 4.98 Å². The molecule has 3 heterocycles. The van der Waals surface area contributed by atoms with Crippen LogP contribution in [0.3, 0.4) is 0 Å². The molecule has 1 aromatic carbocycles. The number of para-hydroxylation sites is 1. The summed E-state index contributed by atoms with van der Waals surface area (Å²) in [7, 11) is 0. The summed E-state index contributed by atoms with van der Waals surface area (Å²) in [5.74, 6) is 0.657. The van der Waals surface area contributed by atoms with Gasteiger partial charge in [-0.15, -0.1) is 11.3 Å². The van der Waals surface area contributed by atoms with E-state index in [9.17, 15) is 4.79 Å². The fraction of sp³-hybridized carbons (Fsp3) is 0.364. The van der Waals surface area contributed by atoms with Crippen LogP contribution in [0.2, 0.25) is 0 Å². The summed E-state index contributed by atoms with van der Waals surface area (Å²) in [6.45, 7) is 1.58. The Morgan fingerprint density at radius 1 is 1.11 bits per heavy atom. The maximum Gasteiger partial charge on any atom is 0.233 e. The van der Waals surface area contributed by atoms with Crippen molar-refractivity contribution >= 4 is 29.0 Å². The van der Waals surface area contributed by atoms with E-state index in [-0.39, 0.29) is 5.91 Å². The highest BCUT2D eigenvalue weighted by Gasteiger charge is 2.24. The van der Waals surface area contributed by atoms with Crippen molar-refractivity contribution in [1.82, 2.24) is 14.5 Å². The van der Waals surface area contributed by atoms with Crippen LogP contribution in [-0.4, -0.2) is 32.7 Å². The first kappa shape index (κ1) is 18.0. The second-order valence-corrected chi connectivity index (χ2v) is 9.33. The maximum absolute atomic E-state index is 12.9. The minimum Gasteiger partial charge on any atom is -0.337 e. The topological polar surface area (TPSA) is 38.1 Å². The SMILES string of the molecule is O=C(CSc1nc2c(n1-c1ccccc1)CCCC2)N1CCc2sccc2C1. The van der Waals surface area contributed by atoms with Gasteiger partial charge in [0.1, 0.15) is 0 Å². The number of aryl methyl sites for hydroxylation is 1. The Kier molecular flexibility index (Phi) is 4.99. The predicted octanol–water partition coefficient (Wildman–Crippen LogP) is 4.49.